The highest BCUT2D eigenvalue weighted by molar-refractivity contribution is 8.27. The summed E-state index contributed by atoms with van der Waals surface area (Å²) in [6.45, 7) is 4.08. The molecule has 1 N–H and O–H groups in total. The first-order valence-electron chi connectivity index (χ1n) is 6.55. The number of amides is 1. The number of aromatic nitrogens is 1. The Hall–Kier alpha value is -1.85. The van der Waals surface area contributed by atoms with Gasteiger partial charge in [0, 0.05) is 11.9 Å². The molecular formula is C16H14N2OS2. The molecule has 2 heterocycles. The second-order valence-corrected chi connectivity index (χ2v) is 6.59. The highest BCUT2D eigenvalue weighted by Gasteiger charge is 2.33. The summed E-state index contributed by atoms with van der Waals surface area (Å²) in [5, 5.41) is 0. The molecular weight excluding hydrogens is 300 g/mol. The molecule has 0 aliphatic carbocycles. The largest absolute Gasteiger partial charge is 0.362 e. The number of anilines is 1. The van der Waals surface area contributed by atoms with Gasteiger partial charge in [0.05, 0.1) is 10.6 Å². The predicted octanol–water partition coefficient (Wildman–Crippen LogP) is 4.04. The molecule has 1 aliphatic rings. The summed E-state index contributed by atoms with van der Waals surface area (Å²) in [7, 11) is 0. The van der Waals surface area contributed by atoms with Crippen molar-refractivity contribution in [2.45, 2.75) is 13.8 Å². The lowest BCUT2D eigenvalue weighted by atomic mass is 10.1. The van der Waals surface area contributed by atoms with E-state index in [1.165, 1.54) is 17.3 Å². The molecule has 1 aliphatic heterocycles. The number of nitrogens with one attached hydrogen (secondary N) is 1. The predicted molar refractivity (Wildman–Crippen MR) is 92.4 cm³/mol. The van der Waals surface area contributed by atoms with E-state index in [9.17, 15) is 4.79 Å². The van der Waals surface area contributed by atoms with E-state index < -0.39 is 0 Å². The van der Waals surface area contributed by atoms with E-state index in [4.69, 9.17) is 12.2 Å². The molecule has 1 aromatic heterocycles. The minimum absolute atomic E-state index is 0.0668. The van der Waals surface area contributed by atoms with Gasteiger partial charge in [-0.3, -0.25) is 9.69 Å². The standard InChI is InChI=1S/C16H14N2OS2/c1-10-5-6-13(8-11(10)2)18-15(19)14(21-16(18)20)9-12-4-3-7-17-12/h3-9,17H,1-2H3/b14-9-. The number of nitrogens with zero attached hydrogens (tertiary/aromatic N) is 1. The highest BCUT2D eigenvalue weighted by atomic mass is 32.2. The molecule has 1 aromatic carbocycles. The van der Waals surface area contributed by atoms with Crippen LogP contribution >= 0.6 is 24.0 Å². The molecule has 5 heteroatoms. The quantitative estimate of drug-likeness (QED) is 0.671. The molecule has 3 rings (SSSR count). The molecule has 0 atom stereocenters. The van der Waals surface area contributed by atoms with Crippen LogP contribution in [0.2, 0.25) is 0 Å². The molecule has 0 spiro atoms. The van der Waals surface area contributed by atoms with E-state index in [0.717, 1.165) is 16.9 Å². The number of carbonyl (C=O) groups excluding carboxylic acids is 1. The Bertz CT molecular complexity index is 748. The van der Waals surface area contributed by atoms with Gasteiger partial charge in [-0.2, -0.15) is 0 Å². The summed E-state index contributed by atoms with van der Waals surface area (Å²) in [5.41, 5.74) is 4.08. The Labute approximate surface area is 133 Å². The lowest BCUT2D eigenvalue weighted by molar-refractivity contribution is -0.113. The zero-order chi connectivity index (χ0) is 15.0. The summed E-state index contributed by atoms with van der Waals surface area (Å²) in [6, 6.07) is 9.76. The van der Waals surface area contributed by atoms with Crippen LogP contribution in [0.1, 0.15) is 16.8 Å². The van der Waals surface area contributed by atoms with Crippen molar-refractivity contribution in [1.82, 2.24) is 4.98 Å². The molecule has 1 fully saturated rings. The summed E-state index contributed by atoms with van der Waals surface area (Å²) in [4.78, 5) is 17.9. The number of H-pyrrole nitrogens is 1. The van der Waals surface area contributed by atoms with E-state index in [2.05, 4.69) is 11.9 Å². The molecule has 106 valence electrons. The van der Waals surface area contributed by atoms with Gasteiger partial charge >= 0.3 is 0 Å². The van der Waals surface area contributed by atoms with Crippen LogP contribution in [0.15, 0.2) is 41.4 Å². The Kier molecular flexibility index (Phi) is 3.69. The van der Waals surface area contributed by atoms with E-state index in [-0.39, 0.29) is 5.91 Å². The number of aromatic amines is 1. The molecule has 2 aromatic rings. The first-order chi connectivity index (χ1) is 10.1. The van der Waals surface area contributed by atoms with Crippen molar-refractivity contribution in [3.63, 3.8) is 0 Å². The smallest absolute Gasteiger partial charge is 0.270 e. The van der Waals surface area contributed by atoms with E-state index in [1.807, 2.05) is 49.5 Å². The van der Waals surface area contributed by atoms with Gasteiger partial charge in [-0.15, -0.1) is 0 Å². The number of carbonyl (C=O) groups is 1. The number of hydrogen-bond acceptors (Lipinski definition) is 3. The zero-order valence-electron chi connectivity index (χ0n) is 11.7. The van der Waals surface area contributed by atoms with Gasteiger partial charge in [0.2, 0.25) is 0 Å². The van der Waals surface area contributed by atoms with Crippen LogP contribution in [-0.4, -0.2) is 15.2 Å². The van der Waals surface area contributed by atoms with E-state index in [0.29, 0.717) is 9.23 Å². The number of aryl methyl sites for hydroxylation is 2. The van der Waals surface area contributed by atoms with Gasteiger partial charge < -0.3 is 4.98 Å². The third-order valence-electron chi connectivity index (χ3n) is 3.45. The molecule has 0 saturated carbocycles. The maximum atomic E-state index is 12.6. The van der Waals surface area contributed by atoms with Crippen LogP contribution in [0.5, 0.6) is 0 Å². The summed E-state index contributed by atoms with van der Waals surface area (Å²) >= 11 is 6.70. The van der Waals surface area contributed by atoms with Crippen molar-refractivity contribution in [3.8, 4) is 0 Å². The fourth-order valence-corrected chi connectivity index (χ4v) is 3.42. The minimum Gasteiger partial charge on any atom is -0.362 e. The van der Waals surface area contributed by atoms with Crippen molar-refractivity contribution >= 4 is 46.0 Å². The summed E-state index contributed by atoms with van der Waals surface area (Å²) in [5.74, 6) is -0.0668. The van der Waals surface area contributed by atoms with Crippen molar-refractivity contribution in [2.24, 2.45) is 0 Å². The Morgan fingerprint density at radius 2 is 2.05 bits per heavy atom. The molecule has 0 radical (unpaired) electrons. The monoisotopic (exact) mass is 314 g/mol. The van der Waals surface area contributed by atoms with Crippen LogP contribution in [0.25, 0.3) is 6.08 Å². The van der Waals surface area contributed by atoms with E-state index in [1.54, 1.807) is 4.90 Å². The second kappa shape index (κ2) is 5.50. The number of rotatable bonds is 2. The average Bonchev–Trinajstić information content (AvgIpc) is 3.03. The summed E-state index contributed by atoms with van der Waals surface area (Å²) in [6.07, 6.45) is 3.66. The Morgan fingerprint density at radius 3 is 2.71 bits per heavy atom. The molecule has 0 unspecified atom stereocenters. The number of thiocarbonyl (C=S) groups is 1. The van der Waals surface area contributed by atoms with Crippen molar-refractivity contribution in [1.29, 1.82) is 0 Å². The van der Waals surface area contributed by atoms with Crippen molar-refractivity contribution in [3.05, 3.63) is 58.3 Å². The molecule has 0 bridgehead atoms. The SMILES string of the molecule is Cc1ccc(N2C(=O)/C(=C/c3ccc[nH]3)SC2=S)cc1C. The Balaban J connectivity index is 1.95. The Morgan fingerprint density at radius 1 is 1.24 bits per heavy atom. The van der Waals surface area contributed by atoms with Crippen molar-refractivity contribution < 1.29 is 4.79 Å². The minimum atomic E-state index is -0.0668. The van der Waals surface area contributed by atoms with Gasteiger partial charge in [0.25, 0.3) is 5.91 Å². The maximum absolute atomic E-state index is 12.6. The van der Waals surface area contributed by atoms with Crippen LogP contribution in [0.4, 0.5) is 5.69 Å². The summed E-state index contributed by atoms with van der Waals surface area (Å²) < 4.78 is 0.570. The topological polar surface area (TPSA) is 36.1 Å². The van der Waals surface area contributed by atoms with Crippen molar-refractivity contribution in [2.75, 3.05) is 4.90 Å². The van der Waals surface area contributed by atoms with Crippen LogP contribution in [-0.2, 0) is 4.79 Å². The third-order valence-corrected chi connectivity index (χ3v) is 4.75. The number of hydrogen-bond donors (Lipinski definition) is 1. The van der Waals surface area contributed by atoms with Gasteiger partial charge in [-0.05, 0) is 55.3 Å². The van der Waals surface area contributed by atoms with Gasteiger partial charge in [-0.25, -0.2) is 0 Å². The first-order valence-corrected chi connectivity index (χ1v) is 7.77. The van der Waals surface area contributed by atoms with Gasteiger partial charge in [-0.1, -0.05) is 30.0 Å². The number of thioether (sulfide) groups is 1. The molecule has 21 heavy (non-hydrogen) atoms. The first kappa shape index (κ1) is 14.1. The van der Waals surface area contributed by atoms with Crippen LogP contribution in [0.3, 0.4) is 0 Å². The molecule has 1 amide bonds. The van der Waals surface area contributed by atoms with Crippen LogP contribution < -0.4 is 4.90 Å². The number of benzene rings is 1. The van der Waals surface area contributed by atoms with Crippen LogP contribution in [0, 0.1) is 13.8 Å². The van der Waals surface area contributed by atoms with Gasteiger partial charge in [0.1, 0.15) is 0 Å². The fourth-order valence-electron chi connectivity index (χ4n) is 2.13. The maximum Gasteiger partial charge on any atom is 0.270 e. The van der Waals surface area contributed by atoms with E-state index >= 15 is 0 Å². The lowest BCUT2D eigenvalue weighted by Gasteiger charge is -2.15. The normalized spacial score (nSPS) is 17.0. The second-order valence-electron chi connectivity index (χ2n) is 4.91. The fraction of sp³-hybridized carbons (Fsp3) is 0.125. The third kappa shape index (κ3) is 2.66. The highest BCUT2D eigenvalue weighted by Crippen LogP contribution is 2.36. The van der Waals surface area contributed by atoms with Gasteiger partial charge in [0.15, 0.2) is 4.32 Å². The zero-order valence-corrected chi connectivity index (χ0v) is 13.3. The molecule has 1 saturated heterocycles. The average molecular weight is 314 g/mol. The molecule has 3 nitrogen and oxygen atoms in total. The lowest BCUT2D eigenvalue weighted by Crippen LogP contribution is -2.27.